The highest BCUT2D eigenvalue weighted by Crippen LogP contribution is 2.53. The number of anilines is 3. The summed E-state index contributed by atoms with van der Waals surface area (Å²) in [5, 5.41) is 3.42. The van der Waals surface area contributed by atoms with Gasteiger partial charge >= 0.3 is 0 Å². The lowest BCUT2D eigenvalue weighted by atomic mass is 9.65. The second kappa shape index (κ2) is 7.09. The van der Waals surface area contributed by atoms with Crippen LogP contribution in [0.2, 0.25) is 0 Å². The molecule has 4 rings (SSSR count). The van der Waals surface area contributed by atoms with Gasteiger partial charge in [0.1, 0.15) is 12.0 Å². The van der Waals surface area contributed by atoms with Crippen LogP contribution >= 0.6 is 0 Å². The van der Waals surface area contributed by atoms with E-state index in [2.05, 4.69) is 45.9 Å². The van der Waals surface area contributed by atoms with Gasteiger partial charge in [0.25, 0.3) is 0 Å². The first-order chi connectivity index (χ1) is 12.9. The third kappa shape index (κ3) is 3.99. The van der Waals surface area contributed by atoms with Gasteiger partial charge in [-0.25, -0.2) is 9.97 Å². The first kappa shape index (κ1) is 18.7. The topological polar surface area (TPSA) is 79.5 Å². The number of morpholine rings is 1. The van der Waals surface area contributed by atoms with E-state index in [-0.39, 0.29) is 0 Å². The third-order valence-electron chi connectivity index (χ3n) is 6.37. The number of nitrogens with zero attached hydrogens (tertiary/aromatic N) is 4. The molecule has 0 radical (unpaired) electrons. The van der Waals surface area contributed by atoms with Gasteiger partial charge in [-0.05, 0) is 30.1 Å². The maximum absolute atomic E-state index is 6.51. The van der Waals surface area contributed by atoms with Crippen molar-refractivity contribution in [1.82, 2.24) is 14.9 Å². The number of nitrogens with one attached hydrogen (secondary N) is 1. The Morgan fingerprint density at radius 1 is 1.22 bits per heavy atom. The summed E-state index contributed by atoms with van der Waals surface area (Å²) in [6.45, 7) is 13.7. The highest BCUT2D eigenvalue weighted by atomic mass is 16.5. The maximum atomic E-state index is 6.51. The van der Waals surface area contributed by atoms with Gasteiger partial charge in [0.15, 0.2) is 11.6 Å². The predicted octanol–water partition coefficient (Wildman–Crippen LogP) is 2.21. The van der Waals surface area contributed by atoms with Crippen molar-refractivity contribution in [3.63, 3.8) is 0 Å². The number of hydrogen-bond donors (Lipinski definition) is 2. The lowest BCUT2D eigenvalue weighted by molar-refractivity contribution is 0.0398. The molecular formula is C20H34N6O. The fraction of sp³-hybridized carbons (Fsp3) is 0.800. The van der Waals surface area contributed by atoms with E-state index in [0.717, 1.165) is 57.6 Å². The van der Waals surface area contributed by atoms with Crippen LogP contribution in [0.1, 0.15) is 40.0 Å². The molecule has 3 fully saturated rings. The normalized spacial score (nSPS) is 30.5. The van der Waals surface area contributed by atoms with E-state index in [1.807, 2.05) is 0 Å². The van der Waals surface area contributed by atoms with E-state index in [0.29, 0.717) is 22.6 Å². The van der Waals surface area contributed by atoms with E-state index in [1.165, 1.54) is 19.3 Å². The van der Waals surface area contributed by atoms with Gasteiger partial charge in [-0.15, -0.1) is 0 Å². The zero-order valence-corrected chi connectivity index (χ0v) is 17.0. The summed E-state index contributed by atoms with van der Waals surface area (Å²) in [4.78, 5) is 13.8. The van der Waals surface area contributed by atoms with Crippen LogP contribution in [0.3, 0.4) is 0 Å². The second-order valence-corrected chi connectivity index (χ2v) is 9.68. The van der Waals surface area contributed by atoms with Gasteiger partial charge in [0.05, 0.1) is 13.2 Å². The van der Waals surface area contributed by atoms with Crippen molar-refractivity contribution >= 4 is 17.3 Å². The molecule has 7 nitrogen and oxygen atoms in total. The SMILES string of the molecule is CC1(C)CC2CC(C)(CN2c2ncnc(NCCN3CCOCC3)c2N)C1. The molecule has 7 heteroatoms. The van der Waals surface area contributed by atoms with Gasteiger partial charge in [-0.2, -0.15) is 0 Å². The molecule has 3 N–H and O–H groups in total. The van der Waals surface area contributed by atoms with E-state index in [1.54, 1.807) is 6.33 Å². The van der Waals surface area contributed by atoms with Crippen molar-refractivity contribution in [2.45, 2.75) is 46.1 Å². The molecule has 2 unspecified atom stereocenters. The highest BCUT2D eigenvalue weighted by molar-refractivity contribution is 5.75. The standard InChI is InChI=1S/C20H34N6O/c1-19(2)10-15-11-20(3,12-19)13-26(15)18-16(21)17(23-14-24-18)22-4-5-25-6-8-27-9-7-25/h14-15H,4-13,21H2,1-3H3,(H,22,23,24). The number of ether oxygens (including phenoxy) is 1. The molecule has 0 aromatic carbocycles. The van der Waals surface area contributed by atoms with E-state index < -0.39 is 0 Å². The number of rotatable bonds is 5. The van der Waals surface area contributed by atoms with Crippen molar-refractivity contribution in [2.24, 2.45) is 10.8 Å². The Labute approximate surface area is 162 Å². The number of nitrogens with two attached hydrogens (primary N) is 1. The van der Waals surface area contributed by atoms with Crippen LogP contribution in [0.25, 0.3) is 0 Å². The molecule has 1 aromatic rings. The fourth-order valence-electron chi connectivity index (χ4n) is 5.62. The number of hydrogen-bond acceptors (Lipinski definition) is 7. The van der Waals surface area contributed by atoms with Crippen LogP contribution in [0, 0.1) is 10.8 Å². The van der Waals surface area contributed by atoms with Gasteiger partial charge in [-0.3, -0.25) is 4.90 Å². The van der Waals surface area contributed by atoms with Crippen LogP contribution in [0.4, 0.5) is 17.3 Å². The maximum Gasteiger partial charge on any atom is 0.157 e. The Bertz CT molecular complexity index is 674. The minimum Gasteiger partial charge on any atom is -0.393 e. The molecule has 2 aliphatic heterocycles. The van der Waals surface area contributed by atoms with Crippen LogP contribution in [-0.2, 0) is 4.74 Å². The van der Waals surface area contributed by atoms with Crippen LogP contribution < -0.4 is 16.0 Å². The molecule has 1 aliphatic carbocycles. The molecule has 0 spiro atoms. The molecule has 3 heterocycles. The Balaban J connectivity index is 1.44. The zero-order chi connectivity index (χ0) is 19.1. The number of aromatic nitrogens is 2. The lowest BCUT2D eigenvalue weighted by Crippen LogP contribution is -2.39. The molecule has 1 aromatic heterocycles. The fourth-order valence-corrected chi connectivity index (χ4v) is 5.62. The summed E-state index contributed by atoms with van der Waals surface area (Å²) in [7, 11) is 0. The Morgan fingerprint density at radius 3 is 2.78 bits per heavy atom. The van der Waals surface area contributed by atoms with E-state index in [4.69, 9.17) is 10.5 Å². The monoisotopic (exact) mass is 374 g/mol. The minimum absolute atomic E-state index is 0.355. The quantitative estimate of drug-likeness (QED) is 0.818. The largest absolute Gasteiger partial charge is 0.393 e. The van der Waals surface area contributed by atoms with Gasteiger partial charge in [0, 0.05) is 38.8 Å². The molecule has 2 bridgehead atoms. The van der Waals surface area contributed by atoms with Crippen molar-refractivity contribution in [2.75, 3.05) is 61.9 Å². The molecule has 2 atom stereocenters. The van der Waals surface area contributed by atoms with Crippen molar-refractivity contribution < 1.29 is 4.74 Å². The Hall–Kier alpha value is -1.60. The lowest BCUT2D eigenvalue weighted by Gasteiger charge is -2.39. The molecule has 2 saturated heterocycles. The minimum atomic E-state index is 0.355. The molecule has 27 heavy (non-hydrogen) atoms. The van der Waals surface area contributed by atoms with E-state index >= 15 is 0 Å². The molecule has 1 saturated carbocycles. The number of nitrogen functional groups attached to an aromatic ring is 1. The van der Waals surface area contributed by atoms with Crippen molar-refractivity contribution in [3.8, 4) is 0 Å². The van der Waals surface area contributed by atoms with Crippen LogP contribution in [0.15, 0.2) is 6.33 Å². The summed E-state index contributed by atoms with van der Waals surface area (Å²) in [6, 6.07) is 0.525. The summed E-state index contributed by atoms with van der Waals surface area (Å²) >= 11 is 0. The first-order valence-corrected chi connectivity index (χ1v) is 10.3. The summed E-state index contributed by atoms with van der Waals surface area (Å²) in [5.41, 5.74) is 7.94. The molecule has 150 valence electrons. The summed E-state index contributed by atoms with van der Waals surface area (Å²) < 4.78 is 5.41. The second-order valence-electron chi connectivity index (χ2n) is 9.68. The number of fused-ring (bicyclic) bond motifs is 2. The van der Waals surface area contributed by atoms with Crippen molar-refractivity contribution in [1.29, 1.82) is 0 Å². The predicted molar refractivity (Wildman–Crippen MR) is 109 cm³/mol. The molecule has 3 aliphatic rings. The summed E-state index contributed by atoms with van der Waals surface area (Å²) in [5.74, 6) is 1.67. The highest BCUT2D eigenvalue weighted by Gasteiger charge is 2.50. The van der Waals surface area contributed by atoms with Gasteiger partial charge in [-0.1, -0.05) is 20.8 Å². The third-order valence-corrected chi connectivity index (χ3v) is 6.37. The Kier molecular flexibility index (Phi) is 4.93. The summed E-state index contributed by atoms with van der Waals surface area (Å²) in [6.07, 6.45) is 5.35. The van der Waals surface area contributed by atoms with E-state index in [9.17, 15) is 0 Å². The average Bonchev–Trinajstić information content (AvgIpc) is 2.86. The van der Waals surface area contributed by atoms with Crippen LogP contribution in [0.5, 0.6) is 0 Å². The smallest absolute Gasteiger partial charge is 0.157 e. The van der Waals surface area contributed by atoms with Gasteiger partial charge in [0.2, 0.25) is 0 Å². The molecular weight excluding hydrogens is 340 g/mol. The van der Waals surface area contributed by atoms with Crippen LogP contribution in [-0.4, -0.2) is 66.8 Å². The van der Waals surface area contributed by atoms with Gasteiger partial charge < -0.3 is 20.7 Å². The first-order valence-electron chi connectivity index (χ1n) is 10.3. The Morgan fingerprint density at radius 2 is 2.00 bits per heavy atom. The zero-order valence-electron chi connectivity index (χ0n) is 17.0. The molecule has 0 amide bonds. The van der Waals surface area contributed by atoms with Crippen molar-refractivity contribution in [3.05, 3.63) is 6.33 Å². The average molecular weight is 375 g/mol.